The zero-order valence-electron chi connectivity index (χ0n) is 11.5. The normalized spacial score (nSPS) is 13.3. The van der Waals surface area contributed by atoms with E-state index in [4.69, 9.17) is 9.52 Å². The SMILES string of the molecule is CSCC[C@H](NS(=O)(=O)c1ccc2[nH]c(=O)oc2c1)C(=O)O. The number of hydrogen-bond acceptors (Lipinski definition) is 6. The maximum Gasteiger partial charge on any atom is 0.417 e. The van der Waals surface area contributed by atoms with Crippen LogP contribution in [-0.4, -0.2) is 42.5 Å². The monoisotopic (exact) mass is 346 g/mol. The molecule has 1 atom stereocenters. The van der Waals surface area contributed by atoms with Crippen molar-refractivity contribution >= 4 is 38.9 Å². The maximum atomic E-state index is 12.2. The van der Waals surface area contributed by atoms with Crippen molar-refractivity contribution in [3.8, 4) is 0 Å². The van der Waals surface area contributed by atoms with Gasteiger partial charge in [0.1, 0.15) is 6.04 Å². The Morgan fingerprint density at radius 2 is 2.23 bits per heavy atom. The summed E-state index contributed by atoms with van der Waals surface area (Å²) in [6, 6.07) is 2.60. The Morgan fingerprint density at radius 3 is 2.86 bits per heavy atom. The Balaban J connectivity index is 2.30. The summed E-state index contributed by atoms with van der Waals surface area (Å²) in [5.74, 6) is -1.43. The molecular weight excluding hydrogens is 332 g/mol. The summed E-state index contributed by atoms with van der Waals surface area (Å²) in [5, 5.41) is 9.08. The first-order valence-corrected chi connectivity index (χ1v) is 9.08. The Hall–Kier alpha value is -1.78. The first kappa shape index (κ1) is 16.6. The van der Waals surface area contributed by atoms with Crippen LogP contribution in [0.25, 0.3) is 11.1 Å². The second-order valence-corrected chi connectivity index (χ2v) is 7.17. The van der Waals surface area contributed by atoms with E-state index < -0.39 is 27.8 Å². The zero-order chi connectivity index (χ0) is 16.3. The highest BCUT2D eigenvalue weighted by atomic mass is 32.2. The fourth-order valence-electron chi connectivity index (χ4n) is 1.82. The van der Waals surface area contributed by atoms with Gasteiger partial charge in [-0.3, -0.25) is 9.78 Å². The van der Waals surface area contributed by atoms with Gasteiger partial charge in [0, 0.05) is 6.07 Å². The molecule has 8 nitrogen and oxygen atoms in total. The largest absolute Gasteiger partial charge is 0.480 e. The number of aromatic nitrogens is 1. The number of fused-ring (bicyclic) bond motifs is 1. The summed E-state index contributed by atoms with van der Waals surface area (Å²) in [5.41, 5.74) is 0.449. The number of rotatable bonds is 7. The maximum absolute atomic E-state index is 12.2. The standard InChI is InChI=1S/C12H14N2O6S2/c1-21-5-4-9(11(15)16)14-22(18,19)7-2-3-8-10(6-7)20-12(17)13-8/h2-3,6,9,14H,4-5H2,1H3,(H,13,17)(H,15,16)/t9-/m0/s1. The van der Waals surface area contributed by atoms with Crippen LogP contribution in [0.1, 0.15) is 6.42 Å². The molecule has 3 N–H and O–H groups in total. The Bertz CT molecular complexity index is 839. The number of thioether (sulfide) groups is 1. The van der Waals surface area contributed by atoms with Gasteiger partial charge in [-0.05, 0) is 30.6 Å². The fourth-order valence-corrected chi connectivity index (χ4v) is 3.53. The molecule has 0 saturated carbocycles. The van der Waals surface area contributed by atoms with Gasteiger partial charge in [-0.2, -0.15) is 16.5 Å². The average molecular weight is 346 g/mol. The van der Waals surface area contributed by atoms with Crippen molar-refractivity contribution in [3.05, 3.63) is 28.7 Å². The molecule has 120 valence electrons. The predicted octanol–water partition coefficient (Wildman–Crippen LogP) is 0.606. The Morgan fingerprint density at radius 1 is 1.50 bits per heavy atom. The van der Waals surface area contributed by atoms with Gasteiger partial charge in [0.25, 0.3) is 0 Å². The van der Waals surface area contributed by atoms with E-state index >= 15 is 0 Å². The minimum Gasteiger partial charge on any atom is -0.480 e. The minimum absolute atomic E-state index is 0.0869. The van der Waals surface area contributed by atoms with Crippen molar-refractivity contribution in [3.63, 3.8) is 0 Å². The molecule has 0 radical (unpaired) electrons. The third kappa shape index (κ3) is 3.70. The van der Waals surface area contributed by atoms with E-state index in [1.54, 1.807) is 6.26 Å². The molecule has 1 aromatic carbocycles. The van der Waals surface area contributed by atoms with Crippen molar-refractivity contribution < 1.29 is 22.7 Å². The van der Waals surface area contributed by atoms with Crippen molar-refractivity contribution in [1.82, 2.24) is 9.71 Å². The van der Waals surface area contributed by atoms with E-state index in [0.717, 1.165) is 0 Å². The van der Waals surface area contributed by atoms with Crippen LogP contribution in [0.2, 0.25) is 0 Å². The molecule has 0 unspecified atom stereocenters. The van der Waals surface area contributed by atoms with E-state index in [9.17, 15) is 18.0 Å². The molecule has 0 fully saturated rings. The van der Waals surface area contributed by atoms with Crippen LogP contribution >= 0.6 is 11.8 Å². The third-order valence-corrected chi connectivity index (χ3v) is 5.02. The third-order valence-electron chi connectivity index (χ3n) is 2.91. The predicted molar refractivity (Wildman–Crippen MR) is 81.6 cm³/mol. The van der Waals surface area contributed by atoms with Crippen LogP contribution < -0.4 is 10.5 Å². The molecule has 2 aromatic rings. The molecule has 0 amide bonds. The molecule has 0 aliphatic carbocycles. The lowest BCUT2D eigenvalue weighted by molar-refractivity contribution is -0.139. The van der Waals surface area contributed by atoms with Crippen molar-refractivity contribution in [2.75, 3.05) is 12.0 Å². The lowest BCUT2D eigenvalue weighted by Crippen LogP contribution is -2.41. The number of hydrogen-bond donors (Lipinski definition) is 3. The summed E-state index contributed by atoms with van der Waals surface area (Å²) >= 11 is 1.42. The number of oxazole rings is 1. The molecule has 0 aliphatic heterocycles. The fraction of sp³-hybridized carbons (Fsp3) is 0.333. The molecule has 0 aliphatic rings. The molecular formula is C12H14N2O6S2. The number of aromatic amines is 1. The number of nitrogens with one attached hydrogen (secondary N) is 2. The van der Waals surface area contributed by atoms with Crippen LogP contribution in [0.4, 0.5) is 0 Å². The van der Waals surface area contributed by atoms with Crippen LogP contribution in [0.5, 0.6) is 0 Å². The van der Waals surface area contributed by atoms with E-state index in [-0.39, 0.29) is 16.9 Å². The summed E-state index contributed by atoms with van der Waals surface area (Å²) in [6.45, 7) is 0. The lowest BCUT2D eigenvalue weighted by atomic mass is 10.2. The van der Waals surface area contributed by atoms with Gasteiger partial charge in [0.05, 0.1) is 10.4 Å². The highest BCUT2D eigenvalue weighted by molar-refractivity contribution is 7.98. The lowest BCUT2D eigenvalue weighted by Gasteiger charge is -2.14. The number of carboxylic acids is 1. The van der Waals surface area contributed by atoms with Crippen molar-refractivity contribution in [2.45, 2.75) is 17.4 Å². The summed E-state index contributed by atoms with van der Waals surface area (Å²) in [4.78, 5) is 24.4. The van der Waals surface area contributed by atoms with Gasteiger partial charge in [0.2, 0.25) is 10.0 Å². The molecule has 0 bridgehead atoms. The second kappa shape index (κ2) is 6.55. The summed E-state index contributed by atoms with van der Waals surface area (Å²) in [7, 11) is -4.03. The van der Waals surface area contributed by atoms with Gasteiger partial charge in [-0.25, -0.2) is 13.2 Å². The first-order chi connectivity index (χ1) is 10.3. The summed E-state index contributed by atoms with van der Waals surface area (Å²) in [6.07, 6.45) is 1.96. The number of carbonyl (C=O) groups is 1. The molecule has 22 heavy (non-hydrogen) atoms. The van der Waals surface area contributed by atoms with Crippen molar-refractivity contribution in [1.29, 1.82) is 0 Å². The van der Waals surface area contributed by atoms with E-state index in [1.165, 1.54) is 30.0 Å². The topological polar surface area (TPSA) is 129 Å². The van der Waals surface area contributed by atoms with E-state index in [0.29, 0.717) is 11.3 Å². The molecule has 0 saturated heterocycles. The molecule has 1 heterocycles. The number of H-pyrrole nitrogens is 1. The zero-order valence-corrected chi connectivity index (χ0v) is 13.2. The van der Waals surface area contributed by atoms with Crippen molar-refractivity contribution in [2.24, 2.45) is 0 Å². The second-order valence-electron chi connectivity index (χ2n) is 4.47. The van der Waals surface area contributed by atoms with Gasteiger partial charge in [-0.15, -0.1) is 0 Å². The smallest absolute Gasteiger partial charge is 0.417 e. The molecule has 1 aromatic heterocycles. The van der Waals surface area contributed by atoms with E-state index in [2.05, 4.69) is 9.71 Å². The molecule has 0 spiro atoms. The number of aliphatic carboxylic acids is 1. The highest BCUT2D eigenvalue weighted by Gasteiger charge is 2.25. The molecule has 2 rings (SSSR count). The summed E-state index contributed by atoms with van der Waals surface area (Å²) < 4.78 is 31.4. The van der Waals surface area contributed by atoms with Crippen LogP contribution in [0.15, 0.2) is 32.3 Å². The van der Waals surface area contributed by atoms with Crippen LogP contribution in [0.3, 0.4) is 0 Å². The quantitative estimate of drug-likeness (QED) is 0.669. The Kier molecular flexibility index (Phi) is 4.94. The van der Waals surface area contributed by atoms with Crippen LogP contribution in [0, 0.1) is 0 Å². The highest BCUT2D eigenvalue weighted by Crippen LogP contribution is 2.17. The van der Waals surface area contributed by atoms with Gasteiger partial charge < -0.3 is 9.52 Å². The Labute approximate surface area is 130 Å². The van der Waals surface area contributed by atoms with Gasteiger partial charge in [0.15, 0.2) is 5.58 Å². The number of sulfonamides is 1. The van der Waals surface area contributed by atoms with Crippen LogP contribution in [-0.2, 0) is 14.8 Å². The number of benzene rings is 1. The molecule has 10 heteroatoms. The van der Waals surface area contributed by atoms with E-state index in [1.807, 2.05) is 0 Å². The van der Waals surface area contributed by atoms with Gasteiger partial charge >= 0.3 is 11.7 Å². The minimum atomic E-state index is -4.03. The average Bonchev–Trinajstić information content (AvgIpc) is 2.82. The first-order valence-electron chi connectivity index (χ1n) is 6.20. The van der Waals surface area contributed by atoms with Gasteiger partial charge in [-0.1, -0.05) is 0 Å². The number of carboxylic acid groups (broad SMARTS) is 1.